The molecule has 1 aromatic heterocycles. The van der Waals surface area contributed by atoms with E-state index in [0.29, 0.717) is 5.69 Å². The molecule has 1 N–H and O–H groups in total. The third kappa shape index (κ3) is 2.67. The number of nitrogens with zero attached hydrogens (tertiary/aromatic N) is 1. The van der Waals surface area contributed by atoms with Crippen molar-refractivity contribution < 1.29 is 9.59 Å². The Hall–Kier alpha value is -2.40. The predicted octanol–water partition coefficient (Wildman–Crippen LogP) is 3.08. The van der Waals surface area contributed by atoms with Crippen molar-refractivity contribution in [2.45, 2.75) is 20.3 Å². The zero-order chi connectivity index (χ0) is 15.7. The quantitative estimate of drug-likeness (QED) is 0.699. The summed E-state index contributed by atoms with van der Waals surface area (Å²) in [5.41, 5.74) is 4.64. The number of thiophene rings is 1. The Balaban J connectivity index is 1.89. The van der Waals surface area contributed by atoms with Crippen LogP contribution in [0.4, 0.5) is 5.69 Å². The van der Waals surface area contributed by atoms with E-state index in [1.165, 1.54) is 10.6 Å². The van der Waals surface area contributed by atoms with Gasteiger partial charge < -0.3 is 0 Å². The van der Waals surface area contributed by atoms with E-state index < -0.39 is 0 Å². The summed E-state index contributed by atoms with van der Waals surface area (Å²) in [5, 5.41) is 1.30. The van der Waals surface area contributed by atoms with Gasteiger partial charge in [0.05, 0.1) is 5.69 Å². The highest BCUT2D eigenvalue weighted by Gasteiger charge is 2.34. The minimum Gasteiger partial charge on any atom is -0.267 e. The molecule has 5 heteroatoms. The fourth-order valence-electron chi connectivity index (χ4n) is 2.29. The van der Waals surface area contributed by atoms with Crippen molar-refractivity contribution in [3.8, 4) is 0 Å². The second-order valence-corrected chi connectivity index (χ2v) is 6.43. The van der Waals surface area contributed by atoms with Crippen molar-refractivity contribution in [2.24, 2.45) is 0 Å². The number of hydrazine groups is 1. The van der Waals surface area contributed by atoms with Gasteiger partial charge in [0.2, 0.25) is 0 Å². The molecule has 0 spiro atoms. The molecule has 1 saturated heterocycles. The van der Waals surface area contributed by atoms with Crippen LogP contribution in [0.1, 0.15) is 22.2 Å². The lowest BCUT2D eigenvalue weighted by atomic mass is 10.1. The van der Waals surface area contributed by atoms with Crippen LogP contribution in [0.5, 0.6) is 0 Å². The van der Waals surface area contributed by atoms with E-state index >= 15 is 0 Å². The zero-order valence-corrected chi connectivity index (χ0v) is 13.2. The molecular formula is C17H16N2O2S. The number of carbonyl (C=O) groups excluding carboxylic acids is 2. The Morgan fingerprint density at radius 2 is 1.86 bits per heavy atom. The maximum atomic E-state index is 12.5. The molecule has 112 valence electrons. The lowest BCUT2D eigenvalue weighted by Crippen LogP contribution is -2.35. The Kier molecular flexibility index (Phi) is 3.81. The van der Waals surface area contributed by atoms with Gasteiger partial charge in [0.25, 0.3) is 11.8 Å². The molecule has 0 aliphatic carbocycles. The lowest BCUT2D eigenvalue weighted by Gasteiger charge is -2.14. The first-order chi connectivity index (χ1) is 10.6. The van der Waals surface area contributed by atoms with Crippen molar-refractivity contribution in [1.29, 1.82) is 0 Å². The SMILES string of the molecule is CCc1ccc(N2NC(=O)C(=Cc3ccc(C)s3)C2=O)cc1. The molecule has 0 atom stereocenters. The van der Waals surface area contributed by atoms with Crippen LogP contribution in [0.2, 0.25) is 0 Å². The summed E-state index contributed by atoms with van der Waals surface area (Å²) >= 11 is 1.55. The van der Waals surface area contributed by atoms with Gasteiger partial charge in [0.15, 0.2) is 0 Å². The van der Waals surface area contributed by atoms with Crippen LogP contribution in [-0.4, -0.2) is 11.8 Å². The number of aryl methyl sites for hydroxylation is 2. The first-order valence-corrected chi connectivity index (χ1v) is 7.92. The summed E-state index contributed by atoms with van der Waals surface area (Å²) < 4.78 is 0. The second kappa shape index (κ2) is 5.77. The van der Waals surface area contributed by atoms with Crippen LogP contribution in [0.15, 0.2) is 42.0 Å². The van der Waals surface area contributed by atoms with Crippen molar-refractivity contribution in [3.63, 3.8) is 0 Å². The number of anilines is 1. The van der Waals surface area contributed by atoms with Crippen LogP contribution in [-0.2, 0) is 16.0 Å². The molecule has 1 aliphatic heterocycles. The summed E-state index contributed by atoms with van der Waals surface area (Å²) in [6, 6.07) is 11.5. The van der Waals surface area contributed by atoms with Gasteiger partial charge in [-0.3, -0.25) is 15.0 Å². The molecule has 0 unspecified atom stereocenters. The molecule has 0 radical (unpaired) electrons. The number of benzene rings is 1. The highest BCUT2D eigenvalue weighted by molar-refractivity contribution is 7.12. The molecule has 0 bridgehead atoms. The van der Waals surface area contributed by atoms with Crippen molar-refractivity contribution >= 4 is 34.9 Å². The third-order valence-electron chi connectivity index (χ3n) is 3.54. The third-order valence-corrected chi connectivity index (χ3v) is 4.49. The number of rotatable bonds is 3. The minimum absolute atomic E-state index is 0.168. The molecule has 0 saturated carbocycles. The standard InChI is InChI=1S/C17H16N2O2S/c1-3-12-5-7-13(8-6-12)19-17(21)15(16(20)18-19)10-14-9-4-11(2)22-14/h4-10H,3H2,1-2H3,(H,18,20). The molecule has 2 aromatic rings. The number of carbonyl (C=O) groups is 2. The van der Waals surface area contributed by atoms with E-state index in [-0.39, 0.29) is 17.4 Å². The molecular weight excluding hydrogens is 296 g/mol. The van der Waals surface area contributed by atoms with Gasteiger partial charge in [-0.25, -0.2) is 5.01 Å². The first-order valence-electron chi connectivity index (χ1n) is 7.11. The molecule has 2 heterocycles. The monoisotopic (exact) mass is 312 g/mol. The Labute approximate surface area is 133 Å². The Bertz CT molecular complexity index is 759. The number of hydrogen-bond donors (Lipinski definition) is 1. The average Bonchev–Trinajstić information content (AvgIpc) is 3.06. The second-order valence-electron chi connectivity index (χ2n) is 5.11. The van der Waals surface area contributed by atoms with Crippen molar-refractivity contribution in [2.75, 3.05) is 5.01 Å². The van der Waals surface area contributed by atoms with Gasteiger partial charge in [-0.2, -0.15) is 0 Å². The maximum Gasteiger partial charge on any atom is 0.282 e. The highest BCUT2D eigenvalue weighted by atomic mass is 32.1. The van der Waals surface area contributed by atoms with E-state index in [2.05, 4.69) is 12.3 Å². The van der Waals surface area contributed by atoms with E-state index in [1.807, 2.05) is 43.3 Å². The minimum atomic E-state index is -0.365. The van der Waals surface area contributed by atoms with E-state index in [1.54, 1.807) is 17.4 Å². The van der Waals surface area contributed by atoms with Gasteiger partial charge in [-0.1, -0.05) is 19.1 Å². The summed E-state index contributed by atoms with van der Waals surface area (Å²) in [6.07, 6.45) is 2.58. The Morgan fingerprint density at radius 1 is 1.14 bits per heavy atom. The van der Waals surface area contributed by atoms with Gasteiger partial charge in [-0.15, -0.1) is 11.3 Å². The fourth-order valence-corrected chi connectivity index (χ4v) is 3.11. The van der Waals surface area contributed by atoms with Gasteiger partial charge in [0, 0.05) is 9.75 Å². The molecule has 1 aromatic carbocycles. The number of nitrogens with one attached hydrogen (secondary N) is 1. The van der Waals surface area contributed by atoms with Crippen LogP contribution in [0.25, 0.3) is 6.08 Å². The Morgan fingerprint density at radius 3 is 2.45 bits per heavy atom. The average molecular weight is 312 g/mol. The van der Waals surface area contributed by atoms with E-state index in [4.69, 9.17) is 0 Å². The fraction of sp³-hybridized carbons (Fsp3) is 0.176. The largest absolute Gasteiger partial charge is 0.282 e. The topological polar surface area (TPSA) is 49.4 Å². The van der Waals surface area contributed by atoms with Gasteiger partial charge in [-0.05, 0) is 49.2 Å². The van der Waals surface area contributed by atoms with Crippen LogP contribution in [0, 0.1) is 6.92 Å². The number of hydrogen-bond acceptors (Lipinski definition) is 3. The van der Waals surface area contributed by atoms with E-state index in [9.17, 15) is 9.59 Å². The lowest BCUT2D eigenvalue weighted by molar-refractivity contribution is -0.117. The maximum absolute atomic E-state index is 12.5. The van der Waals surface area contributed by atoms with Crippen LogP contribution in [0.3, 0.4) is 0 Å². The summed E-state index contributed by atoms with van der Waals surface area (Å²) in [4.78, 5) is 26.6. The molecule has 3 rings (SSSR count). The summed E-state index contributed by atoms with van der Waals surface area (Å²) in [7, 11) is 0. The summed E-state index contributed by atoms with van der Waals surface area (Å²) in [5.74, 6) is -0.684. The van der Waals surface area contributed by atoms with Crippen molar-refractivity contribution in [1.82, 2.24) is 5.43 Å². The zero-order valence-electron chi connectivity index (χ0n) is 12.4. The molecule has 1 aliphatic rings. The molecule has 2 amide bonds. The smallest absolute Gasteiger partial charge is 0.267 e. The van der Waals surface area contributed by atoms with E-state index in [0.717, 1.165) is 16.2 Å². The van der Waals surface area contributed by atoms with Crippen LogP contribution < -0.4 is 10.4 Å². The molecule has 22 heavy (non-hydrogen) atoms. The normalized spacial score (nSPS) is 16.5. The summed E-state index contributed by atoms with van der Waals surface area (Å²) in [6.45, 7) is 4.06. The van der Waals surface area contributed by atoms with Gasteiger partial charge in [0.1, 0.15) is 5.57 Å². The van der Waals surface area contributed by atoms with Crippen LogP contribution >= 0.6 is 11.3 Å². The highest BCUT2D eigenvalue weighted by Crippen LogP contribution is 2.24. The first kappa shape index (κ1) is 14.5. The number of amides is 2. The molecule has 1 fully saturated rings. The van der Waals surface area contributed by atoms with Gasteiger partial charge >= 0.3 is 0 Å². The van der Waals surface area contributed by atoms with Crippen molar-refractivity contribution in [3.05, 3.63) is 57.3 Å². The molecule has 4 nitrogen and oxygen atoms in total. The predicted molar refractivity (Wildman–Crippen MR) is 88.5 cm³/mol.